The number of rotatable bonds is 12. The van der Waals surface area contributed by atoms with E-state index < -0.39 is 19.0 Å². The molecule has 1 aromatic heterocycles. The normalized spacial score (nSPS) is 15.7. The zero-order valence-electron chi connectivity index (χ0n) is 21.2. The Bertz CT molecular complexity index is 1100. The Hall–Kier alpha value is -2.59. The molecule has 2 heterocycles. The van der Waals surface area contributed by atoms with E-state index in [-0.39, 0.29) is 25.0 Å². The van der Waals surface area contributed by atoms with Gasteiger partial charge in [-0.25, -0.2) is 15.1 Å². The number of anilines is 3. The summed E-state index contributed by atoms with van der Waals surface area (Å²) in [6, 6.07) is 6.44. The Balaban J connectivity index is 1.70. The second-order valence-corrected chi connectivity index (χ2v) is 12.0. The Morgan fingerprint density at radius 3 is 2.64 bits per heavy atom. The fourth-order valence-electron chi connectivity index (χ4n) is 3.43. The van der Waals surface area contributed by atoms with Crippen LogP contribution < -0.4 is 25.6 Å². The molecule has 2 unspecified atom stereocenters. The number of nitrogens with two attached hydrogens (primary N) is 1. The van der Waals surface area contributed by atoms with Crippen LogP contribution in [0.1, 0.15) is 34.6 Å². The molecule has 1 aromatic carbocycles. The minimum Gasteiger partial charge on any atom is -0.464 e. The summed E-state index contributed by atoms with van der Waals surface area (Å²) < 4.78 is 31.1. The summed E-state index contributed by atoms with van der Waals surface area (Å²) in [5.41, 5.74) is 5.28. The standard InChI is InChI=1S/C23H34ClN6O5P/c1-15(2)11-33-22(31)23(4,5)29-36(32,35-18-8-6-17(24)7-9-18)14-34-16(3)10-30-13-28-19-20(25)26-12-27-21(19)30/h6-9,12,15-16,28H,10-11,13-14H2,1-5H3,(H,29,32)(H2,25,26,27). The van der Waals surface area contributed by atoms with Gasteiger partial charge in [0.15, 0.2) is 11.6 Å². The molecule has 0 bridgehead atoms. The predicted octanol–water partition coefficient (Wildman–Crippen LogP) is 4.10. The van der Waals surface area contributed by atoms with Crippen LogP contribution >= 0.6 is 19.1 Å². The predicted molar refractivity (Wildman–Crippen MR) is 140 cm³/mol. The van der Waals surface area contributed by atoms with Crippen molar-refractivity contribution >= 4 is 42.4 Å². The Labute approximate surface area is 216 Å². The second kappa shape index (κ2) is 11.6. The Morgan fingerprint density at radius 2 is 1.97 bits per heavy atom. The number of benzene rings is 1. The summed E-state index contributed by atoms with van der Waals surface area (Å²) in [7, 11) is -3.75. The molecule has 4 N–H and O–H groups in total. The lowest BCUT2D eigenvalue weighted by Crippen LogP contribution is -2.47. The maximum absolute atomic E-state index is 13.9. The van der Waals surface area contributed by atoms with E-state index in [4.69, 9.17) is 31.3 Å². The summed E-state index contributed by atoms with van der Waals surface area (Å²) in [5.74, 6) is 0.985. The van der Waals surface area contributed by atoms with Gasteiger partial charge >= 0.3 is 13.5 Å². The van der Waals surface area contributed by atoms with E-state index in [0.29, 0.717) is 41.3 Å². The quantitative estimate of drug-likeness (QED) is 0.264. The van der Waals surface area contributed by atoms with Gasteiger partial charge in [0.1, 0.15) is 29.7 Å². The summed E-state index contributed by atoms with van der Waals surface area (Å²) in [4.78, 5) is 22.9. The average molecular weight is 541 g/mol. The van der Waals surface area contributed by atoms with E-state index in [0.717, 1.165) is 0 Å². The largest absolute Gasteiger partial charge is 0.464 e. The van der Waals surface area contributed by atoms with Crippen molar-refractivity contribution in [3.8, 4) is 5.75 Å². The number of esters is 1. The maximum Gasteiger partial charge on any atom is 0.342 e. The monoisotopic (exact) mass is 540 g/mol. The highest BCUT2D eigenvalue weighted by atomic mass is 35.5. The third kappa shape index (κ3) is 7.46. The number of fused-ring (bicyclic) bond motifs is 1. The summed E-state index contributed by atoms with van der Waals surface area (Å²) in [6.45, 7) is 10.1. The van der Waals surface area contributed by atoms with Crippen molar-refractivity contribution < 1.29 is 23.4 Å². The molecule has 3 rings (SSSR count). The molecule has 0 radical (unpaired) electrons. The molecular formula is C23H34ClN6O5P. The molecule has 198 valence electrons. The molecule has 0 aliphatic carbocycles. The van der Waals surface area contributed by atoms with E-state index in [1.807, 2.05) is 25.7 Å². The molecule has 36 heavy (non-hydrogen) atoms. The zero-order chi connectivity index (χ0) is 26.5. The van der Waals surface area contributed by atoms with Gasteiger partial charge in [0.25, 0.3) is 0 Å². The highest BCUT2D eigenvalue weighted by Crippen LogP contribution is 2.46. The number of halogens is 1. The van der Waals surface area contributed by atoms with Crippen molar-refractivity contribution in [3.05, 3.63) is 35.6 Å². The van der Waals surface area contributed by atoms with Crippen LogP contribution in [-0.2, 0) is 18.8 Å². The van der Waals surface area contributed by atoms with Gasteiger partial charge in [-0.3, -0.25) is 9.36 Å². The minimum atomic E-state index is -3.75. The molecule has 1 aliphatic rings. The molecule has 0 saturated heterocycles. The number of carbonyl (C=O) groups excluding carboxylic acids is 1. The molecule has 11 nitrogen and oxygen atoms in total. The molecule has 2 aromatic rings. The van der Waals surface area contributed by atoms with Gasteiger partial charge in [-0.05, 0) is 51.0 Å². The van der Waals surface area contributed by atoms with Crippen molar-refractivity contribution in [2.45, 2.75) is 46.3 Å². The van der Waals surface area contributed by atoms with Crippen molar-refractivity contribution in [1.82, 2.24) is 15.1 Å². The first-order valence-corrected chi connectivity index (χ1v) is 13.8. The van der Waals surface area contributed by atoms with E-state index in [1.54, 1.807) is 38.1 Å². The SMILES string of the molecule is CC(C)COC(=O)C(C)(C)NP(=O)(COC(C)CN1CNc2c(N)ncnc21)Oc1ccc(Cl)cc1. The zero-order valence-corrected chi connectivity index (χ0v) is 22.8. The van der Waals surface area contributed by atoms with E-state index in [2.05, 4.69) is 20.4 Å². The van der Waals surface area contributed by atoms with E-state index >= 15 is 0 Å². The first-order valence-electron chi connectivity index (χ1n) is 11.6. The molecular weight excluding hydrogens is 507 g/mol. The van der Waals surface area contributed by atoms with Crippen LogP contribution in [0.2, 0.25) is 5.02 Å². The van der Waals surface area contributed by atoms with Gasteiger partial charge in [-0.1, -0.05) is 25.4 Å². The maximum atomic E-state index is 13.9. The van der Waals surface area contributed by atoms with Gasteiger partial charge in [-0.15, -0.1) is 0 Å². The number of hydrogen-bond acceptors (Lipinski definition) is 10. The first kappa shape index (κ1) is 28.0. The van der Waals surface area contributed by atoms with Crippen molar-refractivity contribution in [2.24, 2.45) is 5.92 Å². The fraction of sp³-hybridized carbons (Fsp3) is 0.522. The average Bonchev–Trinajstić information content (AvgIpc) is 3.21. The number of nitrogen functional groups attached to an aromatic ring is 1. The number of aromatic nitrogens is 2. The van der Waals surface area contributed by atoms with Crippen molar-refractivity contribution in [2.75, 3.05) is 42.1 Å². The Kier molecular flexibility index (Phi) is 9.05. The van der Waals surface area contributed by atoms with E-state index in [9.17, 15) is 9.36 Å². The first-order chi connectivity index (χ1) is 16.9. The summed E-state index contributed by atoms with van der Waals surface area (Å²) in [5, 5.41) is 6.54. The van der Waals surface area contributed by atoms with Crippen LogP contribution in [0.4, 0.5) is 17.3 Å². The number of ether oxygens (including phenoxy) is 2. The van der Waals surface area contributed by atoms with Crippen LogP contribution in [-0.4, -0.2) is 53.7 Å². The minimum absolute atomic E-state index is 0.164. The molecule has 0 saturated carbocycles. The lowest BCUT2D eigenvalue weighted by molar-refractivity contribution is -0.150. The van der Waals surface area contributed by atoms with Crippen LogP contribution in [0, 0.1) is 5.92 Å². The van der Waals surface area contributed by atoms with Crippen LogP contribution in [0.25, 0.3) is 0 Å². The number of nitrogens with one attached hydrogen (secondary N) is 2. The molecule has 1 aliphatic heterocycles. The number of nitrogens with zero attached hydrogens (tertiary/aromatic N) is 3. The third-order valence-corrected chi connectivity index (χ3v) is 7.33. The molecule has 0 amide bonds. The third-order valence-electron chi connectivity index (χ3n) is 5.18. The summed E-state index contributed by atoms with van der Waals surface area (Å²) >= 11 is 5.97. The highest BCUT2D eigenvalue weighted by molar-refractivity contribution is 7.57. The number of hydrogen-bond donors (Lipinski definition) is 3. The van der Waals surface area contributed by atoms with Gasteiger partial charge in [0, 0.05) is 11.6 Å². The van der Waals surface area contributed by atoms with Crippen molar-refractivity contribution in [3.63, 3.8) is 0 Å². The van der Waals surface area contributed by atoms with Crippen LogP contribution in [0.15, 0.2) is 30.6 Å². The van der Waals surface area contributed by atoms with Gasteiger partial charge in [0.2, 0.25) is 0 Å². The van der Waals surface area contributed by atoms with Gasteiger partial charge in [0.05, 0.1) is 19.4 Å². The van der Waals surface area contributed by atoms with Crippen molar-refractivity contribution in [1.29, 1.82) is 0 Å². The van der Waals surface area contributed by atoms with Crippen LogP contribution in [0.3, 0.4) is 0 Å². The fourth-order valence-corrected chi connectivity index (χ4v) is 5.57. The molecule has 2 atom stereocenters. The second-order valence-electron chi connectivity index (χ2n) is 9.57. The van der Waals surface area contributed by atoms with E-state index in [1.165, 1.54) is 6.33 Å². The lowest BCUT2D eigenvalue weighted by Gasteiger charge is -2.31. The highest BCUT2D eigenvalue weighted by Gasteiger charge is 2.40. The number of carbonyl (C=O) groups is 1. The van der Waals surface area contributed by atoms with Gasteiger partial charge in [-0.2, -0.15) is 0 Å². The smallest absolute Gasteiger partial charge is 0.342 e. The Morgan fingerprint density at radius 1 is 1.28 bits per heavy atom. The molecule has 0 spiro atoms. The lowest BCUT2D eigenvalue weighted by atomic mass is 10.1. The summed E-state index contributed by atoms with van der Waals surface area (Å²) in [6.07, 6.45) is 0.740. The molecule has 0 fully saturated rings. The topological polar surface area (TPSA) is 141 Å². The molecule has 13 heteroatoms. The van der Waals surface area contributed by atoms with Gasteiger partial charge < -0.3 is 29.9 Å². The van der Waals surface area contributed by atoms with Crippen LogP contribution in [0.5, 0.6) is 5.75 Å².